The maximum Gasteiger partial charge on any atom is 0.211 e. The minimum absolute atomic E-state index is 0.00149. The summed E-state index contributed by atoms with van der Waals surface area (Å²) in [4.78, 5) is 10.7. The lowest BCUT2D eigenvalue weighted by Crippen LogP contribution is -2.06. The van der Waals surface area contributed by atoms with E-state index >= 15 is 0 Å². The average molecular weight is 409 g/mol. The molecule has 26 heavy (non-hydrogen) atoms. The van der Waals surface area contributed by atoms with Crippen molar-refractivity contribution in [2.75, 3.05) is 0 Å². The first kappa shape index (κ1) is 17.0. The Morgan fingerprint density at radius 3 is 2.27 bits per heavy atom. The Balaban J connectivity index is 1.97. The Morgan fingerprint density at radius 1 is 0.885 bits per heavy atom. The lowest BCUT2D eigenvalue weighted by Gasteiger charge is -2.01. The van der Waals surface area contributed by atoms with E-state index in [0.29, 0.717) is 0 Å². The molecule has 2 aromatic carbocycles. The van der Waals surface area contributed by atoms with Crippen molar-refractivity contribution < 1.29 is 26.7 Å². The summed E-state index contributed by atoms with van der Waals surface area (Å²) in [6, 6.07) is 9.47. The third-order valence-electron chi connectivity index (χ3n) is 4.21. The monoisotopic (exact) mass is 408 g/mol. The second kappa shape index (κ2) is 5.29. The molecule has 0 radical (unpaired) electrons. The number of allylic oxidation sites excluding steroid dienone is 2. The normalized spacial score (nSPS) is 21.1. The molecule has 0 bridgehead atoms. The largest absolute Gasteiger partial charge is 0.506 e. The number of Topliss-reactive ketones (excluding diaryl/α,β-unsaturated/α-hetero) is 1. The van der Waals surface area contributed by atoms with Crippen LogP contribution < -0.4 is 0 Å². The van der Waals surface area contributed by atoms with E-state index in [9.17, 15) is 26.7 Å². The molecule has 2 aromatic rings. The Labute approximate surface area is 153 Å². The molecule has 2 aliphatic heterocycles. The average Bonchev–Trinajstić information content (AvgIpc) is 2.90. The molecule has 2 aliphatic rings. The fourth-order valence-electron chi connectivity index (χ4n) is 2.96. The molecule has 0 fully saturated rings. The molecule has 6 nitrogen and oxygen atoms in total. The second-order valence-electron chi connectivity index (χ2n) is 5.69. The Bertz CT molecular complexity index is 1280. The van der Waals surface area contributed by atoms with Gasteiger partial charge in [-0.2, -0.15) is 0 Å². The van der Waals surface area contributed by atoms with Crippen LogP contribution in [0, 0.1) is 0 Å². The van der Waals surface area contributed by atoms with Crippen LogP contribution >= 0.6 is 11.6 Å². The number of sulfone groups is 2. The molecule has 0 saturated heterocycles. The van der Waals surface area contributed by atoms with Crippen LogP contribution in [0.25, 0.3) is 5.76 Å². The van der Waals surface area contributed by atoms with Gasteiger partial charge in [0.05, 0.1) is 9.79 Å². The molecule has 1 N–H and O–H groups in total. The topological polar surface area (TPSA) is 106 Å². The zero-order valence-corrected chi connectivity index (χ0v) is 15.2. The number of carbonyl (C=O) groups excluding carboxylic acids is 1. The summed E-state index contributed by atoms with van der Waals surface area (Å²) in [5.74, 6) is -1.44. The Hall–Kier alpha value is -2.42. The molecule has 0 spiro atoms. The Morgan fingerprint density at radius 2 is 1.58 bits per heavy atom. The van der Waals surface area contributed by atoms with Gasteiger partial charge >= 0.3 is 0 Å². The Kier molecular flexibility index (Phi) is 3.46. The van der Waals surface area contributed by atoms with Crippen LogP contribution in [0.3, 0.4) is 0 Å². The third-order valence-corrected chi connectivity index (χ3v) is 8.07. The number of rotatable bonds is 1. The number of ketones is 1. The van der Waals surface area contributed by atoms with Gasteiger partial charge in [-0.1, -0.05) is 23.7 Å². The van der Waals surface area contributed by atoms with Crippen molar-refractivity contribution in [2.24, 2.45) is 0 Å². The van der Waals surface area contributed by atoms with Gasteiger partial charge < -0.3 is 5.11 Å². The molecule has 2 heterocycles. The molecular formula is C17H9ClO6S2. The van der Waals surface area contributed by atoms with Gasteiger partial charge in [-0.05, 0) is 36.4 Å². The van der Waals surface area contributed by atoms with Crippen molar-refractivity contribution in [3.8, 4) is 0 Å². The molecule has 0 amide bonds. The van der Waals surface area contributed by atoms with Gasteiger partial charge in [0.15, 0.2) is 0 Å². The molecule has 0 aliphatic carbocycles. The number of aliphatic hydroxyl groups is 1. The van der Waals surface area contributed by atoms with E-state index in [1.54, 1.807) is 0 Å². The summed E-state index contributed by atoms with van der Waals surface area (Å²) in [5.41, 5.74) is -0.0311. The standard InChI is InChI=1S/C17H9ClO6S2/c18-9-5-6-11-13(7-9)26(23,24)15(17(11)20)8-14-16(19)10-3-1-2-4-12(10)25(14,21)22/h1-8,20H/b14-8-. The first-order valence-electron chi connectivity index (χ1n) is 7.24. The number of benzene rings is 2. The van der Waals surface area contributed by atoms with Gasteiger partial charge in [0.1, 0.15) is 15.6 Å². The highest BCUT2D eigenvalue weighted by Gasteiger charge is 2.42. The van der Waals surface area contributed by atoms with E-state index in [2.05, 4.69) is 0 Å². The van der Waals surface area contributed by atoms with Crippen molar-refractivity contribution in [1.29, 1.82) is 0 Å². The predicted molar refractivity (Wildman–Crippen MR) is 94.2 cm³/mol. The van der Waals surface area contributed by atoms with E-state index in [1.807, 2.05) is 0 Å². The summed E-state index contributed by atoms with van der Waals surface area (Å²) in [6.45, 7) is 0. The van der Waals surface area contributed by atoms with E-state index in [1.165, 1.54) is 36.4 Å². The van der Waals surface area contributed by atoms with Crippen LogP contribution in [0.15, 0.2) is 68.1 Å². The highest BCUT2D eigenvalue weighted by molar-refractivity contribution is 7.97. The van der Waals surface area contributed by atoms with Crippen molar-refractivity contribution in [3.05, 3.63) is 74.5 Å². The van der Waals surface area contributed by atoms with Crippen molar-refractivity contribution >= 4 is 42.8 Å². The van der Waals surface area contributed by atoms with Crippen LogP contribution in [0.1, 0.15) is 15.9 Å². The minimum atomic E-state index is -4.21. The SMILES string of the molecule is O=C1/C(=C/C2=C(O)c3ccc(Cl)cc3S2(=O)=O)S(=O)(=O)c2ccccc21. The van der Waals surface area contributed by atoms with E-state index in [4.69, 9.17) is 11.6 Å². The minimum Gasteiger partial charge on any atom is -0.506 e. The molecular weight excluding hydrogens is 400 g/mol. The molecule has 0 aromatic heterocycles. The summed E-state index contributed by atoms with van der Waals surface area (Å²) in [6.07, 6.45) is 0.718. The first-order chi connectivity index (χ1) is 12.2. The number of hydrogen-bond donors (Lipinski definition) is 1. The van der Waals surface area contributed by atoms with E-state index in [-0.39, 0.29) is 25.9 Å². The lowest BCUT2D eigenvalue weighted by atomic mass is 10.1. The summed E-state index contributed by atoms with van der Waals surface area (Å²) in [5, 5.41) is 10.5. The number of aliphatic hydroxyl groups excluding tert-OH is 1. The van der Waals surface area contributed by atoms with Crippen molar-refractivity contribution in [3.63, 3.8) is 0 Å². The zero-order chi connectivity index (χ0) is 18.9. The third kappa shape index (κ3) is 2.13. The summed E-state index contributed by atoms with van der Waals surface area (Å²) < 4.78 is 50.6. The number of carbonyl (C=O) groups is 1. The quantitative estimate of drug-likeness (QED) is 0.727. The van der Waals surface area contributed by atoms with E-state index in [0.717, 1.165) is 12.1 Å². The maximum atomic E-state index is 12.7. The second-order valence-corrected chi connectivity index (χ2v) is 9.90. The number of hydrogen-bond acceptors (Lipinski definition) is 6. The van der Waals surface area contributed by atoms with Crippen LogP contribution in [0.5, 0.6) is 0 Å². The van der Waals surface area contributed by atoms with Gasteiger partial charge in [-0.25, -0.2) is 16.8 Å². The van der Waals surface area contributed by atoms with Crippen LogP contribution in [-0.2, 0) is 19.7 Å². The molecule has 0 atom stereocenters. The number of halogens is 1. The molecule has 132 valence electrons. The first-order valence-corrected chi connectivity index (χ1v) is 10.6. The van der Waals surface area contributed by atoms with Gasteiger partial charge in [-0.15, -0.1) is 0 Å². The summed E-state index contributed by atoms with van der Waals surface area (Å²) in [7, 11) is -8.39. The smallest absolute Gasteiger partial charge is 0.211 e. The van der Waals surface area contributed by atoms with Gasteiger partial charge in [0.25, 0.3) is 0 Å². The van der Waals surface area contributed by atoms with Crippen molar-refractivity contribution in [2.45, 2.75) is 9.79 Å². The fraction of sp³-hybridized carbons (Fsp3) is 0. The molecule has 0 saturated carbocycles. The molecule has 0 unspecified atom stereocenters. The van der Waals surface area contributed by atoms with Crippen LogP contribution in [-0.4, -0.2) is 27.7 Å². The molecule has 9 heteroatoms. The van der Waals surface area contributed by atoms with Crippen LogP contribution in [0.2, 0.25) is 5.02 Å². The van der Waals surface area contributed by atoms with Gasteiger partial charge in [0.2, 0.25) is 25.5 Å². The van der Waals surface area contributed by atoms with E-state index < -0.39 is 41.0 Å². The zero-order valence-electron chi connectivity index (χ0n) is 12.8. The highest BCUT2D eigenvalue weighted by atomic mass is 35.5. The van der Waals surface area contributed by atoms with Gasteiger partial charge in [-0.3, -0.25) is 4.79 Å². The van der Waals surface area contributed by atoms with Crippen molar-refractivity contribution in [1.82, 2.24) is 0 Å². The maximum absolute atomic E-state index is 12.7. The predicted octanol–water partition coefficient (Wildman–Crippen LogP) is 2.91. The van der Waals surface area contributed by atoms with Gasteiger partial charge in [0, 0.05) is 16.1 Å². The molecule has 4 rings (SSSR count). The van der Waals surface area contributed by atoms with Crippen LogP contribution in [0.4, 0.5) is 0 Å². The lowest BCUT2D eigenvalue weighted by molar-refractivity contribution is 0.104. The summed E-state index contributed by atoms with van der Waals surface area (Å²) >= 11 is 5.82. The highest BCUT2D eigenvalue weighted by Crippen LogP contribution is 2.42. The fourth-order valence-corrected chi connectivity index (χ4v) is 6.46. The number of fused-ring (bicyclic) bond motifs is 2.